The second kappa shape index (κ2) is 31.4. The van der Waals surface area contributed by atoms with E-state index in [-0.39, 0.29) is 11.6 Å². The third-order valence-corrected chi connectivity index (χ3v) is 26.1. The highest BCUT2D eigenvalue weighted by Crippen LogP contribution is 2.70. The lowest BCUT2D eigenvalue weighted by molar-refractivity contribution is -0.128. The second-order valence-corrected chi connectivity index (χ2v) is 36.2. The highest BCUT2D eigenvalue weighted by molar-refractivity contribution is 7.68. The van der Waals surface area contributed by atoms with Crippen LogP contribution in [-0.2, 0) is 99.5 Å². The third kappa shape index (κ3) is 23.1. The van der Waals surface area contributed by atoms with Crippen LogP contribution >= 0.6 is 105 Å². The number of phosphoric ester groups is 3. The molecule has 19 N–H and O–H groups in total. The predicted octanol–water partition coefficient (Wildman–Crippen LogP) is 0.184. The summed E-state index contributed by atoms with van der Waals surface area (Å²) in [5.74, 6) is -0.830. The van der Waals surface area contributed by atoms with Gasteiger partial charge in [0.2, 0.25) is 0 Å². The lowest BCUT2D eigenvalue weighted by Gasteiger charge is -2.37. The van der Waals surface area contributed by atoms with E-state index in [4.69, 9.17) is 98.0 Å². The van der Waals surface area contributed by atoms with E-state index in [1.165, 1.54) is 0 Å². The van der Waals surface area contributed by atoms with Gasteiger partial charge in [-0.15, -0.1) is 34.8 Å². The molecule has 6 heterocycles. The first-order valence-electron chi connectivity index (χ1n) is 25.3. The minimum absolute atomic E-state index is 0.0930. The molecule has 6 rings (SSSR count). The lowest BCUT2D eigenvalue weighted by atomic mass is 9.91. The fourth-order valence-corrected chi connectivity index (χ4v) is 19.5. The molecule has 0 radical (unpaired) electrons. The standard InChI is InChI=1S/C13H21ClFN2O13P3.C12H20ClFN3O13P3.C11H17ClFN2O14P3/c1-7-16-8(18)4-5-17(7)11-13(14,6-15)9(19)10(27-11)12(2,3)28-32(23,24)30-33(25,26)29-31(20,21)22;1-11(2,28-32(23,24)30-33(25,26)29-31(20,21)22)8-7(18)12(13,5-14)9(27-8)17-4-3-6(15)16-10(17)19;1-5(27-31(22,23)29-32(24,25)28-30(19,20)21)7-8(17)11(12,4-13)9(26-7)15-3-2-6(16)14-10(15)18/h4-5,9-11,19H,1,6H2,2-3H3,(H,16,18)(H,23,24)(H,25,26)(H2,20,21,22);3-4,7-9,18H,5H2,1-2H3,(H,23,24)(H,25,26)(H2,15,16,19)(H2,20,21,22);2-3,5,7-9,17H,4H2,1H3,(H,22,23)(H,24,25)(H,14,16,18)(H2,19,20,21)/t9-,10-,11+,13?;7-,8-,9+,12?;5-,7-,8+,9-,11?/m001/s1. The van der Waals surface area contributed by atoms with Crippen molar-refractivity contribution in [3.05, 3.63) is 80.5 Å². The number of aliphatic hydroxyl groups is 3. The summed E-state index contributed by atoms with van der Waals surface area (Å²) in [7, 11) is -51.2. The highest BCUT2D eigenvalue weighted by atomic mass is 35.5. The van der Waals surface area contributed by atoms with E-state index < -0.39 is 201 Å². The summed E-state index contributed by atoms with van der Waals surface area (Å²) in [5.41, 5.74) is -1.81. The molecule has 3 fully saturated rings. The van der Waals surface area contributed by atoms with Gasteiger partial charge in [-0.1, -0.05) is 6.58 Å². The molecule has 98 heavy (non-hydrogen) atoms. The number of halogens is 6. The third-order valence-electron chi connectivity index (χ3n) is 12.6. The number of phosphoric acid groups is 9. The number of nitrogens with two attached hydrogens (primary N) is 1. The van der Waals surface area contributed by atoms with Crippen molar-refractivity contribution in [1.29, 1.82) is 0 Å². The minimum Gasteiger partial charge on any atom is -0.388 e. The molecule has 0 spiro atoms. The Bertz CT molecular complexity index is 3980. The zero-order chi connectivity index (χ0) is 75.9. The second-order valence-electron chi connectivity index (χ2n) is 21.0. The number of alkyl halides is 6. The summed E-state index contributed by atoms with van der Waals surface area (Å²) in [6, 6.07) is 2.02. The van der Waals surface area contributed by atoms with Gasteiger partial charge in [-0.05, 0) is 40.7 Å². The van der Waals surface area contributed by atoms with E-state index in [1.807, 2.05) is 4.98 Å². The van der Waals surface area contributed by atoms with Crippen LogP contribution in [0, 0.1) is 0 Å². The summed E-state index contributed by atoms with van der Waals surface area (Å²) < 4.78 is 198. The normalized spacial score (nSPS) is 31.2. The molecule has 0 saturated carbocycles. The molecule has 2 aromatic rings. The van der Waals surface area contributed by atoms with Crippen molar-refractivity contribution in [3.63, 3.8) is 0 Å². The van der Waals surface area contributed by atoms with Crippen LogP contribution in [-0.4, -0.2) is 199 Å². The molecule has 4 aliphatic heterocycles. The van der Waals surface area contributed by atoms with Gasteiger partial charge in [0.05, 0.1) is 6.10 Å². The van der Waals surface area contributed by atoms with E-state index in [0.29, 0.717) is 9.13 Å². The number of aliphatic hydroxyl groups excluding tert-OH is 3. The molecule has 0 aromatic carbocycles. The van der Waals surface area contributed by atoms with Crippen LogP contribution in [0.2, 0.25) is 0 Å². The van der Waals surface area contributed by atoms with Crippen molar-refractivity contribution in [2.24, 2.45) is 0 Å². The molecule has 62 heteroatoms. The number of hydrogen-bond donors (Lipinski definition) is 18. The van der Waals surface area contributed by atoms with Crippen LogP contribution < -0.4 is 28.0 Å². The number of aromatic nitrogens is 4. The first-order valence-corrected chi connectivity index (χ1v) is 40.0. The molecule has 564 valence electrons. The van der Waals surface area contributed by atoms with Crippen LogP contribution in [0.3, 0.4) is 0 Å². The van der Waals surface area contributed by atoms with E-state index in [0.717, 1.165) is 76.3 Å². The average Bonchev–Trinajstić information content (AvgIpc) is 1.60. The summed E-state index contributed by atoms with van der Waals surface area (Å²) in [6.07, 6.45) is -13.8. The lowest BCUT2D eigenvalue weighted by Crippen LogP contribution is -2.54. The number of rotatable bonds is 27. The number of carbonyl (C=O) groups is 1. The van der Waals surface area contributed by atoms with Gasteiger partial charge >= 0.3 is 81.8 Å². The Morgan fingerprint density at radius 3 is 1.37 bits per heavy atom. The molecule has 47 nitrogen and oxygen atoms in total. The summed E-state index contributed by atoms with van der Waals surface area (Å²) in [5, 5.41) is 34.0. The first kappa shape index (κ1) is 88.2. The fraction of sp³-hybridized carbons (Fsp3) is 0.639. The Morgan fingerprint density at radius 2 is 0.980 bits per heavy atom. The predicted molar refractivity (Wildman–Crippen MR) is 313 cm³/mol. The van der Waals surface area contributed by atoms with Gasteiger partial charge in [0.25, 0.3) is 11.5 Å². The van der Waals surface area contributed by atoms with E-state index in [9.17, 15) is 113 Å². The smallest absolute Gasteiger partial charge is 0.388 e. The number of nitrogens with one attached hydrogen (secondary N) is 2. The molecule has 2 aromatic heterocycles. The van der Waals surface area contributed by atoms with Crippen molar-refractivity contribution in [2.45, 2.75) is 122 Å². The Hall–Kier alpha value is -2.24. The number of carbonyl (C=O) groups excluding carboxylic acids is 1. The Morgan fingerprint density at radius 1 is 0.602 bits per heavy atom. The molecule has 9 unspecified atom stereocenters. The topological polar surface area (TPSA) is 716 Å². The average molecular weight is 1670 g/mol. The number of amides is 1. The van der Waals surface area contributed by atoms with E-state index in [1.54, 1.807) is 0 Å². The van der Waals surface area contributed by atoms with Crippen LogP contribution in [0.1, 0.15) is 47.1 Å². The van der Waals surface area contributed by atoms with Crippen molar-refractivity contribution in [2.75, 3.05) is 25.8 Å². The van der Waals surface area contributed by atoms with Gasteiger partial charge in [0.15, 0.2) is 18.7 Å². The molecule has 3 saturated heterocycles. The summed E-state index contributed by atoms with van der Waals surface area (Å²) >= 11 is 18.6. The SMILES string of the molecule is C=C1NC(=O)C=CN1[C@@H]1O[C@H](C(C)(C)OP(=O)(O)OP(=O)(O)OP(=O)(O)O)[C@H](O)C1(Cl)CF.CC(C)(OP(=O)(O)OP(=O)(O)OP(=O)(O)O)[C@H]1O[C@@H](n2ccc(N)nc2=O)C(Cl)(CF)[C@H]1O.C[C@@H](OP(=O)(O)OP(=O)(O)OP(=O)(O)O)[C@H]1O[C@@H](n2ccc(=O)[nH]c2=O)C(Cl)(CF)[C@H]1O. The maximum Gasteiger partial charge on any atom is 0.490 e. The van der Waals surface area contributed by atoms with Gasteiger partial charge in [-0.3, -0.25) is 37.3 Å². The zero-order valence-electron chi connectivity index (χ0n) is 49.1. The van der Waals surface area contributed by atoms with Crippen LogP contribution in [0.25, 0.3) is 0 Å². The number of H-pyrrole nitrogens is 1. The summed E-state index contributed by atoms with van der Waals surface area (Å²) in [6.45, 7) is 4.24. The Kier molecular flexibility index (Phi) is 28.3. The summed E-state index contributed by atoms with van der Waals surface area (Å²) in [4.78, 5) is 155. The van der Waals surface area contributed by atoms with Crippen molar-refractivity contribution >= 4 is 117 Å². The number of ether oxygens (including phenoxy) is 3. The van der Waals surface area contributed by atoms with Crippen LogP contribution in [0.4, 0.5) is 19.0 Å². The fourth-order valence-electron chi connectivity index (χ4n) is 8.77. The largest absolute Gasteiger partial charge is 0.490 e. The van der Waals surface area contributed by atoms with Gasteiger partial charge in [0, 0.05) is 30.7 Å². The van der Waals surface area contributed by atoms with Gasteiger partial charge in [-0.2, -0.15) is 30.8 Å². The zero-order valence-corrected chi connectivity index (χ0v) is 59.5. The molecule has 4 aliphatic rings. The molecule has 19 atom stereocenters. The number of hydrogen-bond acceptors (Lipinski definition) is 31. The number of nitrogen functional groups attached to an aromatic ring is 1. The number of anilines is 1. The maximum atomic E-state index is 14.0. The highest BCUT2D eigenvalue weighted by Gasteiger charge is 2.65. The van der Waals surface area contributed by atoms with Crippen molar-refractivity contribution in [1.82, 2.24) is 29.3 Å². The Balaban J connectivity index is 0.000000312. The van der Waals surface area contributed by atoms with Gasteiger partial charge in [0.1, 0.15) is 94.1 Å². The van der Waals surface area contributed by atoms with E-state index in [2.05, 4.69) is 47.3 Å². The van der Waals surface area contributed by atoms with Crippen molar-refractivity contribution in [3.8, 4) is 0 Å². The quantitative estimate of drug-likeness (QED) is 0.0419. The van der Waals surface area contributed by atoms with Crippen LogP contribution in [0.15, 0.2) is 63.6 Å². The van der Waals surface area contributed by atoms with Gasteiger partial charge < -0.3 is 104 Å². The molecular weight excluding hydrogens is 1610 g/mol. The minimum atomic E-state index is -5.83. The molecule has 0 bridgehead atoms. The number of nitrogens with zero attached hydrogens (tertiary/aromatic N) is 4. The molecule has 0 aliphatic carbocycles. The van der Waals surface area contributed by atoms with Crippen LogP contribution in [0.5, 0.6) is 0 Å². The first-order chi connectivity index (χ1) is 43.9. The molecule has 1 amide bonds. The maximum absolute atomic E-state index is 14.0. The number of aromatic amines is 1. The van der Waals surface area contributed by atoms with E-state index >= 15 is 0 Å². The Labute approximate surface area is 559 Å². The monoisotopic (exact) mass is 1670 g/mol. The molecular formula is C36H58Cl3F3N7O40P9. The van der Waals surface area contributed by atoms with Gasteiger partial charge in [-0.25, -0.2) is 63.8 Å². The van der Waals surface area contributed by atoms with Crippen molar-refractivity contribution < 1.29 is 187 Å².